The molecule has 0 aromatic heterocycles. The Labute approximate surface area is 173 Å². The van der Waals surface area contributed by atoms with Gasteiger partial charge in [0.2, 0.25) is 10.0 Å². The van der Waals surface area contributed by atoms with Crippen molar-refractivity contribution in [2.75, 3.05) is 38.0 Å². The fourth-order valence-electron chi connectivity index (χ4n) is 3.18. The molecule has 1 heterocycles. The zero-order valence-electron chi connectivity index (χ0n) is 16.3. The number of nitrogens with zero attached hydrogens (tertiary/aromatic N) is 2. The Balaban J connectivity index is 1.73. The minimum Gasteiger partial charge on any atom is -0.322 e. The number of carbonyl (C=O) groups excluding carboxylic acids is 1. The number of hydrogen-bond acceptors (Lipinski definition) is 4. The number of rotatable bonds is 5. The predicted octanol–water partition coefficient (Wildman–Crippen LogP) is 3.28. The van der Waals surface area contributed by atoms with Crippen molar-refractivity contribution in [1.29, 1.82) is 0 Å². The first-order valence-corrected chi connectivity index (χ1v) is 10.9. The van der Waals surface area contributed by atoms with E-state index in [1.165, 1.54) is 28.6 Å². The average molecular weight is 441 g/mol. The lowest BCUT2D eigenvalue weighted by Gasteiger charge is -2.33. The van der Waals surface area contributed by atoms with Crippen molar-refractivity contribution in [2.45, 2.75) is 18.0 Å². The van der Waals surface area contributed by atoms with Crippen molar-refractivity contribution in [3.05, 3.63) is 59.7 Å². The molecule has 30 heavy (non-hydrogen) atoms. The van der Waals surface area contributed by atoms with Crippen LogP contribution in [0.5, 0.6) is 0 Å². The molecule has 0 atom stereocenters. The van der Waals surface area contributed by atoms with E-state index in [0.717, 1.165) is 30.8 Å². The van der Waals surface area contributed by atoms with Gasteiger partial charge in [0.15, 0.2) is 0 Å². The van der Waals surface area contributed by atoms with Crippen LogP contribution in [0.3, 0.4) is 0 Å². The Morgan fingerprint density at radius 3 is 2.23 bits per heavy atom. The van der Waals surface area contributed by atoms with Crippen LogP contribution in [-0.4, -0.2) is 56.3 Å². The van der Waals surface area contributed by atoms with Crippen molar-refractivity contribution in [2.24, 2.45) is 0 Å². The van der Waals surface area contributed by atoms with E-state index >= 15 is 0 Å². The smallest absolute Gasteiger partial charge is 0.322 e. The highest BCUT2D eigenvalue weighted by Crippen LogP contribution is 2.29. The molecule has 0 saturated carbocycles. The minimum absolute atomic E-state index is 0.0342. The number of hydrogen-bond donors (Lipinski definition) is 1. The second-order valence-electron chi connectivity index (χ2n) is 6.90. The van der Waals surface area contributed by atoms with Gasteiger partial charge in [0.1, 0.15) is 0 Å². The molecule has 3 rings (SSSR count). The Hall–Kier alpha value is -2.43. The van der Waals surface area contributed by atoms with E-state index in [9.17, 15) is 26.4 Å². The van der Waals surface area contributed by atoms with Crippen LogP contribution < -0.4 is 5.32 Å². The van der Waals surface area contributed by atoms with Crippen LogP contribution in [0, 0.1) is 0 Å². The summed E-state index contributed by atoms with van der Waals surface area (Å²) in [6.07, 6.45) is -4.49. The van der Waals surface area contributed by atoms with Crippen LogP contribution in [0.1, 0.15) is 22.8 Å². The summed E-state index contributed by atoms with van der Waals surface area (Å²) >= 11 is 0. The topological polar surface area (TPSA) is 69.7 Å². The second kappa shape index (κ2) is 8.75. The van der Waals surface area contributed by atoms with E-state index in [2.05, 4.69) is 10.2 Å². The van der Waals surface area contributed by atoms with Gasteiger partial charge in [-0.1, -0.05) is 13.0 Å². The molecule has 1 amide bonds. The molecule has 1 aliphatic rings. The van der Waals surface area contributed by atoms with Crippen molar-refractivity contribution in [3.63, 3.8) is 0 Å². The number of piperazine rings is 1. The fourth-order valence-corrected chi connectivity index (χ4v) is 4.65. The molecular weight excluding hydrogens is 419 g/mol. The maximum Gasteiger partial charge on any atom is 0.416 e. The molecule has 1 saturated heterocycles. The molecule has 0 bridgehead atoms. The van der Waals surface area contributed by atoms with Gasteiger partial charge >= 0.3 is 6.18 Å². The third-order valence-corrected chi connectivity index (χ3v) is 6.88. The zero-order valence-corrected chi connectivity index (χ0v) is 17.1. The first kappa shape index (κ1) is 22.3. The molecule has 2 aromatic carbocycles. The summed E-state index contributed by atoms with van der Waals surface area (Å²) in [5, 5.41) is 2.54. The Morgan fingerprint density at radius 2 is 1.67 bits per heavy atom. The van der Waals surface area contributed by atoms with E-state index < -0.39 is 27.7 Å². The Morgan fingerprint density at radius 1 is 1.03 bits per heavy atom. The van der Waals surface area contributed by atoms with E-state index in [1.54, 1.807) is 0 Å². The third-order valence-electron chi connectivity index (χ3n) is 4.98. The van der Waals surface area contributed by atoms with Gasteiger partial charge in [-0.3, -0.25) is 4.79 Å². The van der Waals surface area contributed by atoms with Gasteiger partial charge in [-0.05, 0) is 49.0 Å². The van der Waals surface area contributed by atoms with Gasteiger partial charge in [0.25, 0.3) is 5.91 Å². The first-order valence-electron chi connectivity index (χ1n) is 9.42. The number of carbonyl (C=O) groups is 1. The number of anilines is 1. The van der Waals surface area contributed by atoms with Crippen molar-refractivity contribution in [1.82, 2.24) is 9.21 Å². The number of benzene rings is 2. The number of alkyl halides is 3. The lowest BCUT2D eigenvalue weighted by molar-refractivity contribution is -0.137. The number of likely N-dealkylation sites (N-methyl/N-ethyl adjacent to an activating group) is 1. The second-order valence-corrected chi connectivity index (χ2v) is 8.83. The summed E-state index contributed by atoms with van der Waals surface area (Å²) in [7, 11) is -3.71. The summed E-state index contributed by atoms with van der Waals surface area (Å²) in [4.78, 5) is 14.6. The molecule has 0 unspecified atom stereocenters. The number of nitrogens with one attached hydrogen (secondary N) is 1. The van der Waals surface area contributed by atoms with Crippen LogP contribution in [-0.2, 0) is 16.2 Å². The van der Waals surface area contributed by atoms with Crippen LogP contribution in [0.15, 0.2) is 53.4 Å². The standard InChI is InChI=1S/C20H22F3N3O3S/c1-2-25-10-12-26(13-11-25)30(28,29)18-5-3-4-17(14-18)24-19(27)15-6-8-16(9-7-15)20(21,22)23/h3-9,14H,2,10-13H2,1H3,(H,24,27). The average Bonchev–Trinajstić information content (AvgIpc) is 2.73. The highest BCUT2D eigenvalue weighted by atomic mass is 32.2. The lowest BCUT2D eigenvalue weighted by atomic mass is 10.1. The van der Waals surface area contributed by atoms with Crippen LogP contribution in [0.4, 0.5) is 18.9 Å². The molecule has 0 aliphatic carbocycles. The largest absolute Gasteiger partial charge is 0.416 e. The number of sulfonamides is 1. The predicted molar refractivity (Wildman–Crippen MR) is 107 cm³/mol. The molecule has 0 spiro atoms. The van der Waals surface area contributed by atoms with Crippen molar-refractivity contribution in [3.8, 4) is 0 Å². The third kappa shape index (κ3) is 5.00. The highest BCUT2D eigenvalue weighted by Gasteiger charge is 2.30. The summed E-state index contributed by atoms with van der Waals surface area (Å²) in [5.74, 6) is -0.630. The lowest BCUT2D eigenvalue weighted by Crippen LogP contribution is -2.48. The van der Waals surface area contributed by atoms with Crippen molar-refractivity contribution < 1.29 is 26.4 Å². The van der Waals surface area contributed by atoms with Crippen molar-refractivity contribution >= 4 is 21.6 Å². The summed E-state index contributed by atoms with van der Waals surface area (Å²) in [5.41, 5.74) is -0.574. The Kier molecular flexibility index (Phi) is 6.49. The summed E-state index contributed by atoms with van der Waals surface area (Å²) < 4.78 is 65.2. The summed E-state index contributed by atoms with van der Waals surface area (Å²) in [6, 6.07) is 9.64. The first-order chi connectivity index (χ1) is 14.1. The normalized spacial score (nSPS) is 16.4. The molecule has 0 radical (unpaired) electrons. The molecule has 2 aromatic rings. The Bertz CT molecular complexity index is 1000. The van der Waals surface area contributed by atoms with Crippen LogP contribution in [0.2, 0.25) is 0 Å². The van der Waals surface area contributed by atoms with Crippen LogP contribution in [0.25, 0.3) is 0 Å². The van der Waals surface area contributed by atoms with Crippen LogP contribution >= 0.6 is 0 Å². The maximum atomic E-state index is 12.9. The molecule has 162 valence electrons. The highest BCUT2D eigenvalue weighted by molar-refractivity contribution is 7.89. The van der Waals surface area contributed by atoms with Gasteiger partial charge in [-0.2, -0.15) is 17.5 Å². The quantitative estimate of drug-likeness (QED) is 0.773. The van der Waals surface area contributed by atoms with E-state index in [0.29, 0.717) is 26.2 Å². The molecular formula is C20H22F3N3O3S. The zero-order chi connectivity index (χ0) is 21.9. The van der Waals surface area contributed by atoms with E-state index in [1.807, 2.05) is 6.92 Å². The van der Waals surface area contributed by atoms with Gasteiger partial charge in [0, 0.05) is 37.4 Å². The van der Waals surface area contributed by atoms with Gasteiger partial charge < -0.3 is 10.2 Å². The summed E-state index contributed by atoms with van der Waals surface area (Å²) in [6.45, 7) is 4.96. The number of halogens is 3. The monoisotopic (exact) mass is 441 g/mol. The van der Waals surface area contributed by atoms with E-state index in [4.69, 9.17) is 0 Å². The molecule has 6 nitrogen and oxygen atoms in total. The SMILES string of the molecule is CCN1CCN(S(=O)(=O)c2cccc(NC(=O)c3ccc(C(F)(F)F)cc3)c2)CC1. The molecule has 10 heteroatoms. The molecule has 1 aliphatic heterocycles. The number of amides is 1. The van der Waals surface area contributed by atoms with Gasteiger partial charge in [-0.25, -0.2) is 8.42 Å². The van der Waals surface area contributed by atoms with Gasteiger partial charge in [0.05, 0.1) is 10.5 Å². The molecule has 1 N–H and O–H groups in total. The maximum absolute atomic E-state index is 12.9. The fraction of sp³-hybridized carbons (Fsp3) is 0.350. The minimum atomic E-state index is -4.49. The van der Waals surface area contributed by atoms with Gasteiger partial charge in [-0.15, -0.1) is 0 Å². The van der Waals surface area contributed by atoms with E-state index in [-0.39, 0.29) is 16.1 Å². The molecule has 1 fully saturated rings.